The summed E-state index contributed by atoms with van der Waals surface area (Å²) in [5.41, 5.74) is 0. The minimum atomic E-state index is -0.0255. The van der Waals surface area contributed by atoms with Crippen LogP contribution in [0.1, 0.15) is 0 Å². The van der Waals surface area contributed by atoms with Crippen molar-refractivity contribution in [3.8, 4) is 0 Å². The summed E-state index contributed by atoms with van der Waals surface area (Å²) in [6, 6.07) is 0.0702. The molecule has 6 heteroatoms. The van der Waals surface area contributed by atoms with Gasteiger partial charge in [-0.05, 0) is 0 Å². The quantitative estimate of drug-likeness (QED) is 0.640. The van der Waals surface area contributed by atoms with Gasteiger partial charge in [-0.25, -0.2) is 4.79 Å². The van der Waals surface area contributed by atoms with E-state index in [9.17, 15) is 4.79 Å². The largest absolute Gasteiger partial charge is 0.378 e. The summed E-state index contributed by atoms with van der Waals surface area (Å²) in [5.74, 6) is 0. The molecule has 1 atom stereocenters. The summed E-state index contributed by atoms with van der Waals surface area (Å²) >= 11 is 0. The molecule has 2 aliphatic rings. The van der Waals surface area contributed by atoms with Crippen LogP contribution in [-0.4, -0.2) is 81.7 Å². The Bertz CT molecular complexity index is 256. The highest BCUT2D eigenvalue weighted by Gasteiger charge is 2.26. The standard InChI is InChI=1S/C11H20N2O4/c1-15-10-8-13(4-7-17-9-10)11(14)12-2-5-16-6-3-12/h10H,2-9H2,1H3. The van der Waals surface area contributed by atoms with E-state index in [2.05, 4.69) is 0 Å². The molecular weight excluding hydrogens is 224 g/mol. The van der Waals surface area contributed by atoms with E-state index in [1.54, 1.807) is 7.11 Å². The Morgan fingerprint density at radius 2 is 1.76 bits per heavy atom. The van der Waals surface area contributed by atoms with Gasteiger partial charge < -0.3 is 24.0 Å². The van der Waals surface area contributed by atoms with Crippen LogP contribution in [0.4, 0.5) is 4.79 Å². The molecule has 2 fully saturated rings. The lowest BCUT2D eigenvalue weighted by Crippen LogP contribution is -2.50. The molecule has 2 aliphatic heterocycles. The minimum absolute atomic E-state index is 0.0255. The van der Waals surface area contributed by atoms with E-state index in [0.29, 0.717) is 52.6 Å². The summed E-state index contributed by atoms with van der Waals surface area (Å²) in [5, 5.41) is 0. The first-order chi connectivity index (χ1) is 8.31. The average molecular weight is 244 g/mol. The zero-order chi connectivity index (χ0) is 12.1. The van der Waals surface area contributed by atoms with Crippen molar-refractivity contribution in [1.82, 2.24) is 9.80 Å². The molecule has 0 spiro atoms. The smallest absolute Gasteiger partial charge is 0.320 e. The number of methoxy groups -OCH3 is 1. The van der Waals surface area contributed by atoms with Gasteiger partial charge in [-0.1, -0.05) is 0 Å². The molecule has 0 saturated carbocycles. The molecule has 17 heavy (non-hydrogen) atoms. The number of morpholine rings is 1. The van der Waals surface area contributed by atoms with Crippen molar-refractivity contribution in [2.24, 2.45) is 0 Å². The number of urea groups is 1. The van der Waals surface area contributed by atoms with Gasteiger partial charge in [0.2, 0.25) is 0 Å². The van der Waals surface area contributed by atoms with Crippen LogP contribution in [0.2, 0.25) is 0 Å². The molecule has 0 radical (unpaired) electrons. The van der Waals surface area contributed by atoms with Crippen molar-refractivity contribution < 1.29 is 19.0 Å². The first kappa shape index (κ1) is 12.6. The number of nitrogens with zero attached hydrogens (tertiary/aromatic N) is 2. The van der Waals surface area contributed by atoms with Crippen LogP contribution in [-0.2, 0) is 14.2 Å². The molecule has 6 nitrogen and oxygen atoms in total. The molecule has 0 N–H and O–H groups in total. The van der Waals surface area contributed by atoms with E-state index in [1.807, 2.05) is 9.80 Å². The van der Waals surface area contributed by atoms with Gasteiger partial charge in [0.25, 0.3) is 0 Å². The maximum Gasteiger partial charge on any atom is 0.320 e. The predicted molar refractivity (Wildman–Crippen MR) is 61.0 cm³/mol. The summed E-state index contributed by atoms with van der Waals surface area (Å²) < 4.78 is 15.9. The molecule has 0 aliphatic carbocycles. The number of carbonyl (C=O) groups is 1. The topological polar surface area (TPSA) is 51.2 Å². The molecule has 0 aromatic heterocycles. The number of amides is 2. The number of ether oxygens (including phenoxy) is 3. The van der Waals surface area contributed by atoms with E-state index in [1.165, 1.54) is 0 Å². The first-order valence-corrected chi connectivity index (χ1v) is 6.03. The fourth-order valence-electron chi connectivity index (χ4n) is 2.05. The third-order valence-corrected chi connectivity index (χ3v) is 3.12. The fraction of sp³-hybridized carbons (Fsp3) is 0.909. The van der Waals surface area contributed by atoms with Gasteiger partial charge in [-0.3, -0.25) is 0 Å². The summed E-state index contributed by atoms with van der Waals surface area (Å²) in [4.78, 5) is 15.9. The van der Waals surface area contributed by atoms with Crippen LogP contribution in [0.15, 0.2) is 0 Å². The Kier molecular flexibility index (Phi) is 4.58. The van der Waals surface area contributed by atoms with E-state index in [-0.39, 0.29) is 12.1 Å². The molecule has 1 unspecified atom stereocenters. The third kappa shape index (κ3) is 3.31. The zero-order valence-corrected chi connectivity index (χ0v) is 10.3. The van der Waals surface area contributed by atoms with Gasteiger partial charge in [0.15, 0.2) is 0 Å². The average Bonchev–Trinajstić information content (AvgIpc) is 2.64. The van der Waals surface area contributed by atoms with Gasteiger partial charge in [-0.15, -0.1) is 0 Å². The van der Waals surface area contributed by atoms with E-state index >= 15 is 0 Å². The van der Waals surface area contributed by atoms with Crippen molar-refractivity contribution in [2.75, 3.05) is 59.7 Å². The van der Waals surface area contributed by atoms with Crippen molar-refractivity contribution >= 4 is 6.03 Å². The minimum Gasteiger partial charge on any atom is -0.378 e. The number of rotatable bonds is 1. The maximum atomic E-state index is 12.3. The highest BCUT2D eigenvalue weighted by atomic mass is 16.5. The van der Waals surface area contributed by atoms with E-state index in [0.717, 1.165) is 0 Å². The number of hydrogen-bond acceptors (Lipinski definition) is 4. The Hall–Kier alpha value is -0.850. The van der Waals surface area contributed by atoms with Gasteiger partial charge in [0.1, 0.15) is 0 Å². The number of carbonyl (C=O) groups excluding carboxylic acids is 1. The normalized spacial score (nSPS) is 26.8. The van der Waals surface area contributed by atoms with Crippen molar-refractivity contribution in [3.05, 3.63) is 0 Å². The second kappa shape index (κ2) is 6.18. The fourth-order valence-corrected chi connectivity index (χ4v) is 2.05. The Labute approximate surface area is 101 Å². The third-order valence-electron chi connectivity index (χ3n) is 3.12. The van der Waals surface area contributed by atoms with Gasteiger partial charge in [0.05, 0.1) is 39.1 Å². The van der Waals surface area contributed by atoms with Crippen molar-refractivity contribution in [2.45, 2.75) is 6.10 Å². The van der Waals surface area contributed by atoms with Crippen LogP contribution in [0.25, 0.3) is 0 Å². The molecule has 0 aromatic carbocycles. The molecule has 2 rings (SSSR count). The van der Waals surface area contributed by atoms with Crippen LogP contribution in [0.5, 0.6) is 0 Å². The molecule has 98 valence electrons. The molecule has 2 heterocycles. The lowest BCUT2D eigenvalue weighted by molar-refractivity contribution is 0.0203. The summed E-state index contributed by atoms with van der Waals surface area (Å²) in [7, 11) is 1.65. The highest BCUT2D eigenvalue weighted by molar-refractivity contribution is 5.74. The molecular formula is C11H20N2O4. The van der Waals surface area contributed by atoms with Crippen molar-refractivity contribution in [3.63, 3.8) is 0 Å². The SMILES string of the molecule is COC1COCCN(C(=O)N2CCOCC2)C1. The lowest BCUT2D eigenvalue weighted by Gasteiger charge is -2.32. The Morgan fingerprint density at radius 3 is 2.47 bits per heavy atom. The maximum absolute atomic E-state index is 12.3. The second-order valence-electron chi connectivity index (χ2n) is 4.26. The molecule has 2 saturated heterocycles. The van der Waals surface area contributed by atoms with Crippen LogP contribution < -0.4 is 0 Å². The van der Waals surface area contributed by atoms with Gasteiger partial charge in [0, 0.05) is 26.7 Å². The molecule has 0 aromatic rings. The van der Waals surface area contributed by atoms with Crippen LogP contribution >= 0.6 is 0 Å². The van der Waals surface area contributed by atoms with Gasteiger partial charge >= 0.3 is 6.03 Å². The second-order valence-corrected chi connectivity index (χ2v) is 4.26. The van der Waals surface area contributed by atoms with Crippen LogP contribution in [0.3, 0.4) is 0 Å². The predicted octanol–water partition coefficient (Wildman–Crippen LogP) is -0.214. The van der Waals surface area contributed by atoms with Crippen LogP contribution in [0, 0.1) is 0 Å². The Balaban J connectivity index is 1.91. The monoisotopic (exact) mass is 244 g/mol. The van der Waals surface area contributed by atoms with E-state index < -0.39 is 0 Å². The zero-order valence-electron chi connectivity index (χ0n) is 10.3. The lowest BCUT2D eigenvalue weighted by atomic mass is 10.3. The summed E-state index contributed by atoms with van der Waals surface area (Å²) in [6.07, 6.45) is -0.0255. The highest BCUT2D eigenvalue weighted by Crippen LogP contribution is 2.08. The number of hydrogen-bond donors (Lipinski definition) is 0. The van der Waals surface area contributed by atoms with Crippen molar-refractivity contribution in [1.29, 1.82) is 0 Å². The summed E-state index contributed by atoms with van der Waals surface area (Å²) in [6.45, 7) is 4.98. The molecule has 0 bridgehead atoms. The molecule has 2 amide bonds. The first-order valence-electron chi connectivity index (χ1n) is 6.03. The van der Waals surface area contributed by atoms with E-state index in [4.69, 9.17) is 14.2 Å². The van der Waals surface area contributed by atoms with Gasteiger partial charge in [-0.2, -0.15) is 0 Å². The Morgan fingerprint density at radius 1 is 1.12 bits per heavy atom.